The van der Waals surface area contributed by atoms with Gasteiger partial charge in [0.2, 0.25) is 0 Å². The lowest BCUT2D eigenvalue weighted by molar-refractivity contribution is -0.137. The fourth-order valence-electron chi connectivity index (χ4n) is 2.16. The number of anilines is 1. The van der Waals surface area contributed by atoms with Crippen LogP contribution in [0.2, 0.25) is 5.15 Å². The van der Waals surface area contributed by atoms with Crippen molar-refractivity contribution in [2.24, 2.45) is 5.10 Å². The molecule has 0 unspecified atom stereocenters. The third-order valence-electron chi connectivity index (χ3n) is 3.43. The van der Waals surface area contributed by atoms with Crippen LogP contribution in [0.5, 0.6) is 0 Å². The predicted molar refractivity (Wildman–Crippen MR) is 91.9 cm³/mol. The third-order valence-corrected chi connectivity index (χ3v) is 3.73. The van der Waals surface area contributed by atoms with Crippen LogP contribution in [-0.4, -0.2) is 16.2 Å². The average molecular weight is 365 g/mol. The van der Waals surface area contributed by atoms with Crippen LogP contribution in [0.3, 0.4) is 0 Å². The van der Waals surface area contributed by atoms with Crippen LogP contribution in [0, 0.1) is 6.92 Å². The number of hydrogen-bond acceptors (Lipinski definition) is 4. The van der Waals surface area contributed by atoms with Crippen molar-refractivity contribution in [3.05, 3.63) is 64.4 Å². The zero-order chi connectivity index (χ0) is 18.0. The molecular formula is C17H12ClF3N4. The van der Waals surface area contributed by atoms with Gasteiger partial charge in [0.15, 0.2) is 0 Å². The summed E-state index contributed by atoms with van der Waals surface area (Å²) in [5.74, 6) is 0.185. The molecular weight excluding hydrogens is 353 g/mol. The summed E-state index contributed by atoms with van der Waals surface area (Å²) in [5, 5.41) is 5.13. The highest BCUT2D eigenvalue weighted by molar-refractivity contribution is 6.32. The van der Waals surface area contributed by atoms with Gasteiger partial charge in [0.25, 0.3) is 0 Å². The fourth-order valence-corrected chi connectivity index (χ4v) is 2.35. The molecule has 0 bridgehead atoms. The maximum Gasteiger partial charge on any atom is 0.417 e. The van der Waals surface area contributed by atoms with Crippen molar-refractivity contribution in [1.82, 2.24) is 9.97 Å². The van der Waals surface area contributed by atoms with E-state index in [1.165, 1.54) is 12.3 Å². The highest BCUT2D eigenvalue weighted by atomic mass is 35.5. The molecule has 0 spiro atoms. The van der Waals surface area contributed by atoms with E-state index in [1.807, 2.05) is 31.2 Å². The summed E-state index contributed by atoms with van der Waals surface area (Å²) in [4.78, 5) is 7.97. The van der Waals surface area contributed by atoms with Crippen LogP contribution >= 0.6 is 11.6 Å². The van der Waals surface area contributed by atoms with Crippen molar-refractivity contribution in [2.45, 2.75) is 13.1 Å². The summed E-state index contributed by atoms with van der Waals surface area (Å²) in [6.45, 7) is 1.96. The Hall–Kier alpha value is -2.67. The second-order valence-electron chi connectivity index (χ2n) is 5.36. The first-order valence-corrected chi connectivity index (χ1v) is 7.60. The lowest BCUT2D eigenvalue weighted by atomic mass is 10.1. The normalized spacial score (nSPS) is 12.0. The molecule has 0 atom stereocenters. The molecule has 128 valence electrons. The smallest absolute Gasteiger partial charge is 0.261 e. The van der Waals surface area contributed by atoms with Crippen LogP contribution in [0.25, 0.3) is 10.9 Å². The van der Waals surface area contributed by atoms with Crippen LogP contribution in [0.15, 0.2) is 47.7 Å². The van der Waals surface area contributed by atoms with Crippen LogP contribution in [0.4, 0.5) is 19.0 Å². The Morgan fingerprint density at radius 1 is 1.16 bits per heavy atom. The molecule has 0 aliphatic carbocycles. The standard InChI is InChI=1S/C17H12ClF3N4/c1-10-2-3-11-7-12(16(18)24-14(11)6-10)8-23-25-15-5-4-13(9-22-15)17(19,20)21/h2-9H,1H3,(H,22,25)/b23-8-. The second kappa shape index (κ2) is 6.68. The largest absolute Gasteiger partial charge is 0.417 e. The Balaban J connectivity index is 1.77. The van der Waals surface area contributed by atoms with Crippen LogP contribution in [-0.2, 0) is 6.18 Å². The van der Waals surface area contributed by atoms with Crippen molar-refractivity contribution < 1.29 is 13.2 Å². The molecule has 1 aromatic carbocycles. The molecule has 0 aliphatic heterocycles. The number of hydrazone groups is 1. The molecule has 0 radical (unpaired) electrons. The van der Waals surface area contributed by atoms with Gasteiger partial charge in [0.05, 0.1) is 17.3 Å². The topological polar surface area (TPSA) is 50.2 Å². The molecule has 3 aromatic rings. The quantitative estimate of drug-likeness (QED) is 0.401. The number of nitrogens with zero attached hydrogens (tertiary/aromatic N) is 3. The van der Waals surface area contributed by atoms with Crippen molar-refractivity contribution in [3.8, 4) is 0 Å². The SMILES string of the molecule is Cc1ccc2cc(/C=N\Nc3ccc(C(F)(F)F)cn3)c(Cl)nc2c1. The van der Waals surface area contributed by atoms with Gasteiger partial charge in [-0.2, -0.15) is 18.3 Å². The highest BCUT2D eigenvalue weighted by Gasteiger charge is 2.30. The van der Waals surface area contributed by atoms with Gasteiger partial charge in [-0.3, -0.25) is 5.43 Å². The Morgan fingerprint density at radius 3 is 2.64 bits per heavy atom. The first-order valence-electron chi connectivity index (χ1n) is 7.22. The Labute approximate surface area is 146 Å². The number of benzene rings is 1. The number of alkyl halides is 3. The molecule has 0 amide bonds. The minimum atomic E-state index is -4.42. The van der Waals surface area contributed by atoms with Gasteiger partial charge in [-0.1, -0.05) is 23.7 Å². The summed E-state index contributed by atoms with van der Waals surface area (Å²) in [6.07, 6.45) is -2.24. The van der Waals surface area contributed by atoms with E-state index in [1.54, 1.807) is 0 Å². The summed E-state index contributed by atoms with van der Waals surface area (Å²) in [5.41, 5.74) is 4.18. The number of pyridine rings is 2. The van der Waals surface area contributed by atoms with Gasteiger partial charge < -0.3 is 0 Å². The molecule has 8 heteroatoms. The molecule has 2 aromatic heterocycles. The minimum Gasteiger partial charge on any atom is -0.261 e. The molecule has 0 saturated carbocycles. The lowest BCUT2D eigenvalue weighted by Crippen LogP contribution is -2.05. The van der Waals surface area contributed by atoms with Gasteiger partial charge in [0.1, 0.15) is 11.0 Å². The summed E-state index contributed by atoms with van der Waals surface area (Å²) in [6, 6.07) is 9.77. The number of fused-ring (bicyclic) bond motifs is 1. The number of aromatic nitrogens is 2. The van der Waals surface area contributed by atoms with Crippen LogP contribution in [0.1, 0.15) is 16.7 Å². The second-order valence-corrected chi connectivity index (χ2v) is 5.72. The van der Waals surface area contributed by atoms with E-state index >= 15 is 0 Å². The number of aryl methyl sites for hydroxylation is 1. The van der Waals surface area contributed by atoms with Crippen molar-refractivity contribution >= 4 is 34.5 Å². The predicted octanol–water partition coefficient (Wildman–Crippen LogP) is 5.06. The Bertz CT molecular complexity index is 937. The van der Waals surface area contributed by atoms with Gasteiger partial charge in [-0.15, -0.1) is 0 Å². The summed E-state index contributed by atoms with van der Waals surface area (Å²) in [7, 11) is 0. The van der Waals surface area contributed by atoms with Crippen molar-refractivity contribution in [2.75, 3.05) is 5.43 Å². The number of hydrogen-bond donors (Lipinski definition) is 1. The summed E-state index contributed by atoms with van der Waals surface area (Å²) >= 11 is 6.14. The third kappa shape index (κ3) is 4.06. The van der Waals surface area contributed by atoms with E-state index in [-0.39, 0.29) is 11.0 Å². The molecule has 0 saturated heterocycles. The zero-order valence-corrected chi connectivity index (χ0v) is 13.7. The first-order chi connectivity index (χ1) is 11.8. The molecule has 4 nitrogen and oxygen atoms in total. The molecule has 0 fully saturated rings. The molecule has 25 heavy (non-hydrogen) atoms. The Morgan fingerprint density at radius 2 is 1.96 bits per heavy atom. The molecule has 0 aliphatic rings. The molecule has 3 rings (SSSR count). The first kappa shape index (κ1) is 17.2. The van der Waals surface area contributed by atoms with E-state index in [0.29, 0.717) is 5.56 Å². The monoisotopic (exact) mass is 364 g/mol. The maximum absolute atomic E-state index is 12.5. The molecule has 2 heterocycles. The van der Waals surface area contributed by atoms with Gasteiger partial charge >= 0.3 is 6.18 Å². The molecule has 1 N–H and O–H groups in total. The van der Waals surface area contributed by atoms with E-state index in [2.05, 4.69) is 20.5 Å². The van der Waals surface area contributed by atoms with Gasteiger partial charge in [0, 0.05) is 17.1 Å². The minimum absolute atomic E-state index is 0.185. The van der Waals surface area contributed by atoms with E-state index in [0.717, 1.165) is 28.7 Å². The fraction of sp³-hybridized carbons (Fsp3) is 0.118. The lowest BCUT2D eigenvalue weighted by Gasteiger charge is -2.06. The van der Waals surface area contributed by atoms with Gasteiger partial charge in [-0.25, -0.2) is 9.97 Å². The van der Waals surface area contributed by atoms with Crippen molar-refractivity contribution in [1.29, 1.82) is 0 Å². The van der Waals surface area contributed by atoms with Crippen molar-refractivity contribution in [3.63, 3.8) is 0 Å². The highest BCUT2D eigenvalue weighted by Crippen LogP contribution is 2.28. The average Bonchev–Trinajstić information content (AvgIpc) is 2.55. The van der Waals surface area contributed by atoms with Crippen LogP contribution < -0.4 is 5.43 Å². The number of nitrogens with one attached hydrogen (secondary N) is 1. The zero-order valence-electron chi connectivity index (χ0n) is 13.0. The van der Waals surface area contributed by atoms with Gasteiger partial charge in [-0.05, 0) is 36.8 Å². The Kier molecular flexibility index (Phi) is 4.59. The summed E-state index contributed by atoms with van der Waals surface area (Å²) < 4.78 is 37.4. The van der Waals surface area contributed by atoms with E-state index < -0.39 is 11.7 Å². The number of halogens is 4. The number of rotatable bonds is 3. The van der Waals surface area contributed by atoms with E-state index in [9.17, 15) is 13.2 Å². The van der Waals surface area contributed by atoms with E-state index in [4.69, 9.17) is 11.6 Å². The maximum atomic E-state index is 12.5.